The molecule has 2 aromatic carbocycles. The van der Waals surface area contributed by atoms with Crippen LogP contribution in [0.2, 0.25) is 0 Å². The summed E-state index contributed by atoms with van der Waals surface area (Å²) in [6.45, 7) is 0.0381. The Morgan fingerprint density at radius 1 is 1.06 bits per heavy atom. The van der Waals surface area contributed by atoms with Gasteiger partial charge < -0.3 is 0 Å². The topological polar surface area (TPSA) is 98.5 Å². The number of nitriles is 1. The van der Waals surface area contributed by atoms with Gasteiger partial charge >= 0.3 is 0 Å². The van der Waals surface area contributed by atoms with Gasteiger partial charge in [0.2, 0.25) is 15.9 Å². The highest BCUT2D eigenvalue weighted by atomic mass is 32.2. The Kier molecular flexibility index (Phi) is 6.91. The first-order valence-corrected chi connectivity index (χ1v) is 12.6. The number of benzene rings is 2. The summed E-state index contributed by atoms with van der Waals surface area (Å²) < 4.78 is 41.6. The molecule has 2 amide bonds. The largest absolute Gasteiger partial charge is 0.274 e. The molecule has 0 saturated carbocycles. The predicted molar refractivity (Wildman–Crippen MR) is 124 cm³/mol. The molecule has 0 radical (unpaired) electrons. The lowest BCUT2D eigenvalue weighted by Gasteiger charge is -2.27. The van der Waals surface area contributed by atoms with Gasteiger partial charge in [0, 0.05) is 6.54 Å². The van der Waals surface area contributed by atoms with Crippen LogP contribution >= 0.6 is 0 Å². The minimum Gasteiger partial charge on any atom is -0.274 e. The molecule has 0 N–H and O–H groups in total. The van der Waals surface area contributed by atoms with Crippen molar-refractivity contribution in [1.29, 1.82) is 5.26 Å². The predicted octanol–water partition coefficient (Wildman–Crippen LogP) is 3.91. The summed E-state index contributed by atoms with van der Waals surface area (Å²) in [5, 5.41) is 9.00. The minimum absolute atomic E-state index is 0.0381. The fraction of sp³-hybridized carbons (Fsp3) is 0.320. The van der Waals surface area contributed by atoms with E-state index in [4.69, 9.17) is 5.26 Å². The van der Waals surface area contributed by atoms with Gasteiger partial charge in [0.05, 0.1) is 28.6 Å². The van der Waals surface area contributed by atoms with E-state index >= 15 is 0 Å². The fourth-order valence-electron chi connectivity index (χ4n) is 4.37. The number of allylic oxidation sites excluding steroid dienone is 1. The molecule has 0 spiro atoms. The third kappa shape index (κ3) is 4.79. The van der Waals surface area contributed by atoms with E-state index in [1.807, 2.05) is 6.07 Å². The molecule has 0 aromatic heterocycles. The number of nitrogens with zero attached hydrogens (tertiary/aromatic N) is 3. The number of hydrogen-bond donors (Lipinski definition) is 0. The van der Waals surface area contributed by atoms with Crippen LogP contribution in [-0.2, 0) is 19.6 Å². The van der Waals surface area contributed by atoms with Gasteiger partial charge in [-0.3, -0.25) is 9.59 Å². The number of anilines is 1. The molecular formula is C25H24FN3O4S. The number of rotatable bonds is 7. The maximum absolute atomic E-state index is 13.5. The second-order valence-electron chi connectivity index (χ2n) is 8.37. The van der Waals surface area contributed by atoms with Crippen LogP contribution in [0.25, 0.3) is 0 Å². The van der Waals surface area contributed by atoms with E-state index in [-0.39, 0.29) is 23.5 Å². The zero-order valence-corrected chi connectivity index (χ0v) is 19.3. The van der Waals surface area contributed by atoms with Crippen LogP contribution in [0.15, 0.2) is 65.1 Å². The average molecular weight is 482 g/mol. The number of carbonyl (C=O) groups is 2. The van der Waals surface area contributed by atoms with E-state index in [1.165, 1.54) is 24.3 Å². The van der Waals surface area contributed by atoms with E-state index in [0.29, 0.717) is 12.0 Å². The van der Waals surface area contributed by atoms with Crippen molar-refractivity contribution in [2.45, 2.75) is 49.5 Å². The second kappa shape index (κ2) is 9.87. The number of sulfonamides is 1. The Bertz CT molecular complexity index is 1260. The first kappa shape index (κ1) is 23.8. The van der Waals surface area contributed by atoms with Crippen molar-refractivity contribution in [2.75, 3.05) is 11.4 Å². The number of halogens is 1. The van der Waals surface area contributed by atoms with Gasteiger partial charge in [0.25, 0.3) is 5.91 Å². The monoisotopic (exact) mass is 481 g/mol. The maximum Gasteiger partial charge on any atom is 0.252 e. The maximum atomic E-state index is 13.5. The molecule has 1 fully saturated rings. The van der Waals surface area contributed by atoms with Gasteiger partial charge in [-0.15, -0.1) is 0 Å². The Labute approximate surface area is 198 Å². The zero-order valence-electron chi connectivity index (χ0n) is 18.5. The van der Waals surface area contributed by atoms with Crippen LogP contribution in [0.4, 0.5) is 10.1 Å². The number of carbonyl (C=O) groups excluding carboxylic acids is 2. The molecule has 1 saturated heterocycles. The molecular weight excluding hydrogens is 457 g/mol. The zero-order chi connectivity index (χ0) is 24.3. The Morgan fingerprint density at radius 2 is 1.76 bits per heavy atom. The van der Waals surface area contributed by atoms with Crippen molar-refractivity contribution >= 4 is 27.5 Å². The molecule has 2 aromatic rings. The second-order valence-corrected chi connectivity index (χ2v) is 10.3. The summed E-state index contributed by atoms with van der Waals surface area (Å²) in [6.07, 6.45) is 6.21. The lowest BCUT2D eigenvalue weighted by molar-refractivity contribution is -0.122. The van der Waals surface area contributed by atoms with Gasteiger partial charge in [-0.2, -0.15) is 9.57 Å². The summed E-state index contributed by atoms with van der Waals surface area (Å²) in [5.74, 6) is -1.73. The Morgan fingerprint density at radius 3 is 2.38 bits per heavy atom. The molecule has 1 heterocycles. The van der Waals surface area contributed by atoms with Crippen LogP contribution in [0.5, 0.6) is 0 Å². The normalized spacial score (nSPS) is 18.8. The summed E-state index contributed by atoms with van der Waals surface area (Å²) in [5.41, 5.74) is 1.79. The summed E-state index contributed by atoms with van der Waals surface area (Å²) in [6, 6.07) is 11.2. The molecule has 9 heteroatoms. The number of amides is 2. The summed E-state index contributed by atoms with van der Waals surface area (Å²) in [7, 11) is -4.18. The SMILES string of the molecule is N#Cc1ccc(N2C(=O)CC(N(CCC3=CCCCC3)S(=O)(=O)c3ccc(F)cc3)C2=O)cc1. The van der Waals surface area contributed by atoms with Gasteiger partial charge in [-0.25, -0.2) is 17.7 Å². The molecule has 0 bridgehead atoms. The van der Waals surface area contributed by atoms with E-state index in [0.717, 1.165) is 64.7 Å². The van der Waals surface area contributed by atoms with Gasteiger partial charge in [-0.1, -0.05) is 11.6 Å². The minimum atomic E-state index is -4.18. The quantitative estimate of drug-likeness (QED) is 0.441. The standard InChI is InChI=1S/C25H24FN3O4S/c26-20-8-12-22(13-9-20)34(32,33)28(15-14-18-4-2-1-3-5-18)23-16-24(30)29(25(23)31)21-10-6-19(17-27)7-11-21/h4,6-13,23H,1-3,5,14-16H2. The average Bonchev–Trinajstić information content (AvgIpc) is 3.13. The molecule has 176 valence electrons. The van der Waals surface area contributed by atoms with Crippen molar-refractivity contribution in [1.82, 2.24) is 4.31 Å². The molecule has 34 heavy (non-hydrogen) atoms. The highest BCUT2D eigenvalue weighted by molar-refractivity contribution is 7.89. The van der Waals surface area contributed by atoms with Gasteiger partial charge in [-0.05, 0) is 80.6 Å². The van der Waals surface area contributed by atoms with Crippen LogP contribution in [-0.4, -0.2) is 37.1 Å². The lowest BCUT2D eigenvalue weighted by Crippen LogP contribution is -2.46. The van der Waals surface area contributed by atoms with Crippen LogP contribution in [0.1, 0.15) is 44.1 Å². The fourth-order valence-corrected chi connectivity index (χ4v) is 5.95. The first-order valence-electron chi connectivity index (χ1n) is 11.1. The Hall–Kier alpha value is -3.35. The van der Waals surface area contributed by atoms with E-state index < -0.39 is 33.7 Å². The third-order valence-corrected chi connectivity index (χ3v) is 8.11. The van der Waals surface area contributed by atoms with E-state index in [2.05, 4.69) is 6.08 Å². The summed E-state index contributed by atoms with van der Waals surface area (Å²) >= 11 is 0. The molecule has 1 unspecified atom stereocenters. The first-order chi connectivity index (χ1) is 16.3. The van der Waals surface area contributed by atoms with Crippen molar-refractivity contribution < 1.29 is 22.4 Å². The van der Waals surface area contributed by atoms with Gasteiger partial charge in [0.15, 0.2) is 0 Å². The van der Waals surface area contributed by atoms with E-state index in [1.54, 1.807) is 0 Å². The summed E-state index contributed by atoms with van der Waals surface area (Å²) in [4.78, 5) is 27.0. The molecule has 4 rings (SSSR count). The van der Waals surface area contributed by atoms with Gasteiger partial charge in [0.1, 0.15) is 11.9 Å². The van der Waals surface area contributed by atoms with Crippen molar-refractivity contribution in [3.05, 3.63) is 71.6 Å². The number of hydrogen-bond acceptors (Lipinski definition) is 5. The highest BCUT2D eigenvalue weighted by Gasteiger charge is 2.46. The molecule has 7 nitrogen and oxygen atoms in total. The molecule has 2 aliphatic rings. The molecule has 1 atom stereocenters. The molecule has 1 aliphatic carbocycles. The van der Waals surface area contributed by atoms with Crippen molar-refractivity contribution in [3.63, 3.8) is 0 Å². The van der Waals surface area contributed by atoms with Crippen LogP contribution < -0.4 is 4.90 Å². The van der Waals surface area contributed by atoms with Crippen LogP contribution in [0.3, 0.4) is 0 Å². The lowest BCUT2D eigenvalue weighted by atomic mass is 9.97. The van der Waals surface area contributed by atoms with E-state index in [9.17, 15) is 22.4 Å². The smallest absolute Gasteiger partial charge is 0.252 e. The van der Waals surface area contributed by atoms with Crippen LogP contribution in [0, 0.1) is 17.1 Å². The Balaban J connectivity index is 1.66. The number of imide groups is 1. The van der Waals surface area contributed by atoms with Crippen molar-refractivity contribution in [3.8, 4) is 6.07 Å². The third-order valence-electron chi connectivity index (χ3n) is 6.18. The van der Waals surface area contributed by atoms with Crippen molar-refractivity contribution in [2.24, 2.45) is 0 Å². The highest BCUT2D eigenvalue weighted by Crippen LogP contribution is 2.31. The molecule has 1 aliphatic heterocycles.